The minimum Gasteiger partial charge on any atom is -0.383 e. The normalized spacial score (nSPS) is 11.1. The third kappa shape index (κ3) is 7.58. The molecule has 1 amide bonds. The van der Waals surface area contributed by atoms with E-state index in [4.69, 9.17) is 4.74 Å². The van der Waals surface area contributed by atoms with Crippen molar-refractivity contribution >= 4 is 17.7 Å². The largest absolute Gasteiger partial charge is 0.383 e. The fraction of sp³-hybridized carbons (Fsp3) is 0.533. The van der Waals surface area contributed by atoms with Gasteiger partial charge < -0.3 is 20.7 Å². The van der Waals surface area contributed by atoms with Gasteiger partial charge in [-0.1, -0.05) is 6.07 Å². The van der Waals surface area contributed by atoms with Gasteiger partial charge in [-0.15, -0.1) is 0 Å². The van der Waals surface area contributed by atoms with Gasteiger partial charge in [-0.05, 0) is 25.5 Å². The van der Waals surface area contributed by atoms with Crippen LogP contribution in [0, 0.1) is 6.92 Å². The molecular formula is C15H25N5O2. The summed E-state index contributed by atoms with van der Waals surface area (Å²) in [5.41, 5.74) is 1.06. The Morgan fingerprint density at radius 3 is 2.82 bits per heavy atom. The number of aliphatic imine (C=N–C) groups is 1. The number of nitrogens with one attached hydrogen (secondary N) is 3. The zero-order valence-electron chi connectivity index (χ0n) is 13.5. The minimum atomic E-state index is -0.0865. The van der Waals surface area contributed by atoms with E-state index in [1.807, 2.05) is 19.9 Å². The molecule has 0 saturated carbocycles. The molecule has 0 aliphatic carbocycles. The predicted octanol–water partition coefficient (Wildman–Crippen LogP) is 0.920. The van der Waals surface area contributed by atoms with Crippen LogP contribution < -0.4 is 16.0 Å². The topological polar surface area (TPSA) is 87.6 Å². The number of methoxy groups -OCH3 is 1. The van der Waals surface area contributed by atoms with Gasteiger partial charge in [-0.2, -0.15) is 0 Å². The number of pyridine rings is 1. The molecular weight excluding hydrogens is 282 g/mol. The number of carbonyl (C=O) groups excluding carboxylic acids is 1. The SMILES string of the molecule is CCNC(=NCCOC)NCCC(=O)Nc1ccc(C)cn1. The van der Waals surface area contributed by atoms with Crippen molar-refractivity contribution in [2.75, 3.05) is 38.7 Å². The summed E-state index contributed by atoms with van der Waals surface area (Å²) in [5.74, 6) is 1.16. The number of anilines is 1. The maximum atomic E-state index is 11.8. The lowest BCUT2D eigenvalue weighted by molar-refractivity contribution is -0.116. The first-order valence-corrected chi connectivity index (χ1v) is 7.39. The zero-order chi connectivity index (χ0) is 16.2. The summed E-state index contributed by atoms with van der Waals surface area (Å²) in [7, 11) is 1.64. The Bertz CT molecular complexity index is 473. The van der Waals surface area contributed by atoms with Crippen molar-refractivity contribution < 1.29 is 9.53 Å². The number of nitrogens with zero attached hydrogens (tertiary/aromatic N) is 2. The molecule has 0 spiro atoms. The van der Waals surface area contributed by atoms with E-state index >= 15 is 0 Å². The lowest BCUT2D eigenvalue weighted by Gasteiger charge is -2.11. The van der Waals surface area contributed by atoms with Crippen molar-refractivity contribution in [1.82, 2.24) is 15.6 Å². The Kier molecular flexibility index (Phi) is 8.59. The van der Waals surface area contributed by atoms with Crippen molar-refractivity contribution in [2.24, 2.45) is 4.99 Å². The van der Waals surface area contributed by atoms with Gasteiger partial charge in [0.25, 0.3) is 0 Å². The van der Waals surface area contributed by atoms with Gasteiger partial charge in [-0.3, -0.25) is 9.79 Å². The van der Waals surface area contributed by atoms with Crippen molar-refractivity contribution in [3.8, 4) is 0 Å². The molecule has 1 heterocycles. The molecule has 122 valence electrons. The van der Waals surface area contributed by atoms with Crippen LogP contribution in [0.2, 0.25) is 0 Å². The molecule has 0 saturated heterocycles. The molecule has 22 heavy (non-hydrogen) atoms. The summed E-state index contributed by atoms with van der Waals surface area (Å²) in [6.45, 7) is 6.34. The highest BCUT2D eigenvalue weighted by Gasteiger charge is 2.04. The average Bonchev–Trinajstić information content (AvgIpc) is 2.50. The Morgan fingerprint density at radius 2 is 2.18 bits per heavy atom. The van der Waals surface area contributed by atoms with Crippen LogP contribution in [0.5, 0.6) is 0 Å². The third-order valence-electron chi connectivity index (χ3n) is 2.73. The van der Waals surface area contributed by atoms with Gasteiger partial charge in [0.2, 0.25) is 5.91 Å². The molecule has 7 heteroatoms. The summed E-state index contributed by atoms with van der Waals surface area (Å²) in [6, 6.07) is 3.70. The van der Waals surface area contributed by atoms with Gasteiger partial charge in [0.15, 0.2) is 5.96 Å². The molecule has 1 rings (SSSR count). The maximum Gasteiger partial charge on any atom is 0.227 e. The van der Waals surface area contributed by atoms with Crippen LogP contribution in [0.25, 0.3) is 0 Å². The van der Waals surface area contributed by atoms with Crippen LogP contribution in [0.1, 0.15) is 18.9 Å². The quantitative estimate of drug-likeness (QED) is 0.378. The average molecular weight is 307 g/mol. The lowest BCUT2D eigenvalue weighted by atomic mass is 10.3. The number of hydrogen-bond acceptors (Lipinski definition) is 4. The molecule has 0 atom stereocenters. The highest BCUT2D eigenvalue weighted by Crippen LogP contribution is 2.03. The van der Waals surface area contributed by atoms with Gasteiger partial charge in [0.05, 0.1) is 13.2 Å². The van der Waals surface area contributed by atoms with E-state index in [0.717, 1.165) is 12.1 Å². The number of ether oxygens (including phenoxy) is 1. The second kappa shape index (κ2) is 10.6. The second-order valence-corrected chi connectivity index (χ2v) is 4.70. The Labute approximate surface area is 131 Å². The summed E-state index contributed by atoms with van der Waals surface area (Å²) in [5, 5.41) is 8.97. The van der Waals surface area contributed by atoms with Crippen molar-refractivity contribution in [1.29, 1.82) is 0 Å². The fourth-order valence-electron chi connectivity index (χ4n) is 1.63. The number of aromatic nitrogens is 1. The number of carbonyl (C=O) groups is 1. The monoisotopic (exact) mass is 307 g/mol. The molecule has 1 aromatic heterocycles. The first kappa shape index (κ1) is 17.9. The summed E-state index contributed by atoms with van der Waals surface area (Å²) < 4.78 is 4.95. The van der Waals surface area contributed by atoms with Crippen LogP contribution >= 0.6 is 0 Å². The Morgan fingerprint density at radius 1 is 1.36 bits per heavy atom. The first-order chi connectivity index (χ1) is 10.7. The van der Waals surface area contributed by atoms with Gasteiger partial charge in [0, 0.05) is 32.8 Å². The highest BCUT2D eigenvalue weighted by molar-refractivity contribution is 5.90. The molecule has 0 radical (unpaired) electrons. The Hall–Kier alpha value is -2.15. The van der Waals surface area contributed by atoms with Gasteiger partial charge in [0.1, 0.15) is 5.82 Å². The predicted molar refractivity (Wildman–Crippen MR) is 88.1 cm³/mol. The number of hydrogen-bond donors (Lipinski definition) is 3. The van der Waals surface area contributed by atoms with E-state index in [9.17, 15) is 4.79 Å². The molecule has 0 bridgehead atoms. The number of rotatable bonds is 8. The van der Waals surface area contributed by atoms with Crippen LogP contribution in [0.15, 0.2) is 23.3 Å². The van der Waals surface area contributed by atoms with E-state index < -0.39 is 0 Å². The third-order valence-corrected chi connectivity index (χ3v) is 2.73. The van der Waals surface area contributed by atoms with E-state index in [1.54, 1.807) is 19.4 Å². The molecule has 0 aromatic carbocycles. The van der Waals surface area contributed by atoms with Gasteiger partial charge in [-0.25, -0.2) is 4.98 Å². The number of guanidine groups is 1. The lowest BCUT2D eigenvalue weighted by Crippen LogP contribution is -2.39. The standard InChI is InChI=1S/C15H25N5O2/c1-4-16-15(18-9-10-22-3)17-8-7-14(21)20-13-6-5-12(2)11-19-13/h5-6,11H,4,7-10H2,1-3H3,(H2,16,17,18)(H,19,20,21). The number of amides is 1. The molecule has 0 aliphatic rings. The van der Waals surface area contributed by atoms with Crippen molar-refractivity contribution in [3.05, 3.63) is 23.9 Å². The Balaban J connectivity index is 2.32. The van der Waals surface area contributed by atoms with Crippen molar-refractivity contribution in [2.45, 2.75) is 20.3 Å². The summed E-state index contributed by atoms with van der Waals surface area (Å²) >= 11 is 0. The maximum absolute atomic E-state index is 11.8. The van der Waals surface area contributed by atoms with Crippen LogP contribution in [0.4, 0.5) is 5.82 Å². The highest BCUT2D eigenvalue weighted by atomic mass is 16.5. The van der Waals surface area contributed by atoms with Gasteiger partial charge >= 0.3 is 0 Å². The molecule has 1 aromatic rings. The molecule has 3 N–H and O–H groups in total. The minimum absolute atomic E-state index is 0.0865. The first-order valence-electron chi connectivity index (χ1n) is 7.39. The van der Waals surface area contributed by atoms with E-state index in [2.05, 4.69) is 25.9 Å². The van der Waals surface area contributed by atoms with E-state index in [1.165, 1.54) is 0 Å². The summed E-state index contributed by atoms with van der Waals surface area (Å²) in [6.07, 6.45) is 2.06. The zero-order valence-corrected chi connectivity index (χ0v) is 13.5. The van der Waals surface area contributed by atoms with Crippen LogP contribution in [-0.4, -0.2) is 50.2 Å². The molecule has 7 nitrogen and oxygen atoms in total. The van der Waals surface area contributed by atoms with Crippen LogP contribution in [0.3, 0.4) is 0 Å². The smallest absolute Gasteiger partial charge is 0.227 e. The van der Waals surface area contributed by atoms with E-state index in [0.29, 0.717) is 37.9 Å². The van der Waals surface area contributed by atoms with Crippen molar-refractivity contribution in [3.63, 3.8) is 0 Å². The second-order valence-electron chi connectivity index (χ2n) is 4.70. The fourth-order valence-corrected chi connectivity index (χ4v) is 1.63. The molecule has 0 unspecified atom stereocenters. The molecule has 0 aliphatic heterocycles. The summed E-state index contributed by atoms with van der Waals surface area (Å²) in [4.78, 5) is 20.3. The van der Waals surface area contributed by atoms with E-state index in [-0.39, 0.29) is 5.91 Å². The van der Waals surface area contributed by atoms with Crippen LogP contribution in [-0.2, 0) is 9.53 Å². The molecule has 0 fully saturated rings. The number of aryl methyl sites for hydroxylation is 1.